The van der Waals surface area contributed by atoms with Gasteiger partial charge in [-0.3, -0.25) is 9.78 Å². The van der Waals surface area contributed by atoms with E-state index in [9.17, 15) is 4.79 Å². The zero-order valence-corrected chi connectivity index (χ0v) is 11.7. The number of anilines is 1. The molecular formula is C14H14N6O. The second kappa shape index (κ2) is 4.93. The minimum Gasteiger partial charge on any atom is -0.383 e. The van der Waals surface area contributed by atoms with Crippen LogP contribution in [0.2, 0.25) is 0 Å². The van der Waals surface area contributed by atoms with Crippen molar-refractivity contribution in [3.63, 3.8) is 0 Å². The van der Waals surface area contributed by atoms with Crippen LogP contribution in [-0.2, 0) is 0 Å². The maximum absolute atomic E-state index is 12.6. The van der Waals surface area contributed by atoms with E-state index in [1.807, 2.05) is 18.4 Å². The molecule has 7 nitrogen and oxygen atoms in total. The molecule has 0 aromatic carbocycles. The molecule has 21 heavy (non-hydrogen) atoms. The first-order chi connectivity index (χ1) is 10.1. The fourth-order valence-corrected chi connectivity index (χ4v) is 2.23. The van der Waals surface area contributed by atoms with Gasteiger partial charge in [-0.05, 0) is 13.8 Å². The lowest BCUT2D eigenvalue weighted by Crippen LogP contribution is -2.05. The van der Waals surface area contributed by atoms with Crippen LogP contribution < -0.4 is 5.73 Å². The quantitative estimate of drug-likeness (QED) is 0.733. The summed E-state index contributed by atoms with van der Waals surface area (Å²) in [5, 5.41) is 0.557. The molecule has 0 unspecified atom stereocenters. The Morgan fingerprint density at radius 3 is 2.71 bits per heavy atom. The molecule has 0 aliphatic carbocycles. The first-order valence-electron chi connectivity index (χ1n) is 6.51. The molecule has 0 saturated carbocycles. The molecule has 0 aliphatic rings. The van der Waals surface area contributed by atoms with Gasteiger partial charge in [0.25, 0.3) is 0 Å². The molecule has 106 valence electrons. The van der Waals surface area contributed by atoms with E-state index < -0.39 is 0 Å². The Morgan fingerprint density at radius 1 is 1.24 bits per heavy atom. The predicted molar refractivity (Wildman–Crippen MR) is 77.8 cm³/mol. The molecule has 0 bridgehead atoms. The molecule has 7 heteroatoms. The molecule has 3 aromatic heterocycles. The van der Waals surface area contributed by atoms with Crippen LogP contribution in [0.4, 0.5) is 5.82 Å². The van der Waals surface area contributed by atoms with Crippen LogP contribution in [0.1, 0.15) is 35.9 Å². The Morgan fingerprint density at radius 2 is 2.05 bits per heavy atom. The van der Waals surface area contributed by atoms with Crippen molar-refractivity contribution in [3.05, 3.63) is 42.4 Å². The van der Waals surface area contributed by atoms with Crippen LogP contribution in [0.15, 0.2) is 31.1 Å². The third kappa shape index (κ3) is 2.12. The van der Waals surface area contributed by atoms with Crippen LogP contribution in [0, 0.1) is 0 Å². The summed E-state index contributed by atoms with van der Waals surface area (Å²) in [6, 6.07) is 0.144. The van der Waals surface area contributed by atoms with E-state index in [4.69, 9.17) is 5.73 Å². The summed E-state index contributed by atoms with van der Waals surface area (Å²) in [6.45, 7) is 4.02. The highest BCUT2D eigenvalue weighted by atomic mass is 16.1. The minimum atomic E-state index is -0.242. The molecule has 0 radical (unpaired) electrons. The molecular weight excluding hydrogens is 268 g/mol. The highest BCUT2D eigenvalue weighted by Crippen LogP contribution is 2.27. The maximum atomic E-state index is 12.6. The van der Waals surface area contributed by atoms with Gasteiger partial charge in [0, 0.05) is 24.6 Å². The zero-order chi connectivity index (χ0) is 15.0. The van der Waals surface area contributed by atoms with Crippen LogP contribution in [0.3, 0.4) is 0 Å². The van der Waals surface area contributed by atoms with Crippen molar-refractivity contribution in [2.45, 2.75) is 19.9 Å². The Hall–Kier alpha value is -2.83. The Bertz CT molecular complexity index is 809. The number of nitrogens with two attached hydrogens (primary N) is 1. The number of nitrogen functional groups attached to an aromatic ring is 1. The monoisotopic (exact) mass is 282 g/mol. The average molecular weight is 282 g/mol. The Balaban J connectivity index is 2.26. The van der Waals surface area contributed by atoms with Crippen LogP contribution in [0.5, 0.6) is 0 Å². The number of aromatic nitrogens is 5. The molecule has 2 N–H and O–H groups in total. The van der Waals surface area contributed by atoms with Crippen molar-refractivity contribution in [2.75, 3.05) is 5.73 Å². The van der Waals surface area contributed by atoms with Gasteiger partial charge in [-0.15, -0.1) is 0 Å². The lowest BCUT2D eigenvalue weighted by atomic mass is 10.1. The molecule has 0 saturated heterocycles. The number of nitrogens with zero attached hydrogens (tertiary/aromatic N) is 5. The number of hydrogen-bond acceptors (Lipinski definition) is 6. The number of fused-ring (bicyclic) bond motifs is 1. The molecule has 0 amide bonds. The highest BCUT2D eigenvalue weighted by Gasteiger charge is 2.21. The maximum Gasteiger partial charge on any atom is 0.215 e. The van der Waals surface area contributed by atoms with Crippen molar-refractivity contribution < 1.29 is 4.79 Å². The summed E-state index contributed by atoms with van der Waals surface area (Å²) in [5.41, 5.74) is 7.29. The third-order valence-electron chi connectivity index (χ3n) is 3.24. The highest BCUT2D eigenvalue weighted by molar-refractivity contribution is 6.17. The van der Waals surface area contributed by atoms with Crippen molar-refractivity contribution in [1.29, 1.82) is 0 Å². The van der Waals surface area contributed by atoms with Crippen molar-refractivity contribution >= 4 is 22.6 Å². The molecule has 3 aromatic rings. The molecule has 3 heterocycles. The number of hydrogen-bond donors (Lipinski definition) is 1. The van der Waals surface area contributed by atoms with Crippen LogP contribution in [0.25, 0.3) is 11.0 Å². The molecule has 0 fully saturated rings. The smallest absolute Gasteiger partial charge is 0.215 e. The second-order valence-corrected chi connectivity index (χ2v) is 4.92. The third-order valence-corrected chi connectivity index (χ3v) is 3.24. The van der Waals surface area contributed by atoms with E-state index in [0.29, 0.717) is 16.6 Å². The van der Waals surface area contributed by atoms with E-state index in [0.717, 1.165) is 0 Å². The van der Waals surface area contributed by atoms with Crippen molar-refractivity contribution in [3.8, 4) is 0 Å². The number of carbonyl (C=O) groups excluding carboxylic acids is 1. The first kappa shape index (κ1) is 13.2. The Kier molecular flexibility index (Phi) is 3.09. The van der Waals surface area contributed by atoms with Crippen LogP contribution >= 0.6 is 0 Å². The van der Waals surface area contributed by atoms with Gasteiger partial charge in [0.1, 0.15) is 23.5 Å². The molecule has 0 atom stereocenters. The summed E-state index contributed by atoms with van der Waals surface area (Å²) < 4.78 is 1.90. The van der Waals surface area contributed by atoms with Gasteiger partial charge in [-0.1, -0.05) is 0 Å². The van der Waals surface area contributed by atoms with E-state index in [1.54, 1.807) is 6.20 Å². The summed E-state index contributed by atoms with van der Waals surface area (Å²) in [5.74, 6) is 0.0423. The van der Waals surface area contributed by atoms with Gasteiger partial charge >= 0.3 is 0 Å². The van der Waals surface area contributed by atoms with Crippen molar-refractivity contribution in [2.24, 2.45) is 0 Å². The second-order valence-electron chi connectivity index (χ2n) is 4.92. The van der Waals surface area contributed by atoms with E-state index in [-0.39, 0.29) is 23.3 Å². The molecule has 0 aliphatic heterocycles. The predicted octanol–water partition coefficient (Wildman–Crippen LogP) is 1.62. The fourth-order valence-electron chi connectivity index (χ4n) is 2.23. The minimum absolute atomic E-state index is 0.144. The van der Waals surface area contributed by atoms with Gasteiger partial charge in [-0.25, -0.2) is 15.0 Å². The molecule has 3 rings (SSSR count). The van der Waals surface area contributed by atoms with Crippen LogP contribution in [-0.4, -0.2) is 30.3 Å². The normalized spacial score (nSPS) is 11.2. The molecule has 0 spiro atoms. The summed E-state index contributed by atoms with van der Waals surface area (Å²) in [6.07, 6.45) is 7.58. The summed E-state index contributed by atoms with van der Waals surface area (Å²) >= 11 is 0. The van der Waals surface area contributed by atoms with Gasteiger partial charge in [0.2, 0.25) is 5.78 Å². The van der Waals surface area contributed by atoms with Crippen molar-refractivity contribution in [1.82, 2.24) is 24.5 Å². The topological polar surface area (TPSA) is 99.6 Å². The first-order valence-corrected chi connectivity index (χ1v) is 6.51. The van der Waals surface area contributed by atoms with E-state index in [2.05, 4.69) is 19.9 Å². The lowest BCUT2D eigenvalue weighted by Gasteiger charge is -2.07. The fraction of sp³-hybridized carbons (Fsp3) is 0.214. The SMILES string of the molecule is CC(C)n1cc(C(=O)c2cnccn2)c2c(N)ncnc21. The number of rotatable bonds is 3. The van der Waals surface area contributed by atoms with Gasteiger partial charge in [0.15, 0.2) is 0 Å². The van der Waals surface area contributed by atoms with E-state index >= 15 is 0 Å². The van der Waals surface area contributed by atoms with E-state index in [1.165, 1.54) is 24.9 Å². The average Bonchev–Trinajstić information content (AvgIpc) is 2.88. The number of carbonyl (C=O) groups is 1. The summed E-state index contributed by atoms with van der Waals surface area (Å²) in [4.78, 5) is 28.8. The van der Waals surface area contributed by atoms with Gasteiger partial charge in [-0.2, -0.15) is 0 Å². The largest absolute Gasteiger partial charge is 0.383 e. The van der Waals surface area contributed by atoms with Gasteiger partial charge in [0.05, 0.1) is 17.1 Å². The number of ketones is 1. The zero-order valence-electron chi connectivity index (χ0n) is 11.7. The standard InChI is InChI=1S/C14H14N6O/c1-8(2)20-6-9(11-13(15)18-7-19-14(11)20)12(21)10-5-16-3-4-17-10/h3-8H,1-2H3,(H2,15,18,19). The van der Waals surface area contributed by atoms with Gasteiger partial charge < -0.3 is 10.3 Å². The Labute approximate surface area is 120 Å². The summed E-state index contributed by atoms with van der Waals surface area (Å²) in [7, 11) is 0. The lowest BCUT2D eigenvalue weighted by molar-refractivity contribution is 0.103.